The normalized spacial score (nSPS) is 20.4. The fourth-order valence-corrected chi connectivity index (χ4v) is 3.88. The zero-order valence-corrected chi connectivity index (χ0v) is 17.1. The Morgan fingerprint density at radius 1 is 1.15 bits per heavy atom. The van der Waals surface area contributed by atoms with Gasteiger partial charge in [-0.2, -0.15) is 0 Å². The van der Waals surface area contributed by atoms with E-state index in [1.165, 1.54) is 0 Å². The van der Waals surface area contributed by atoms with E-state index in [1.807, 2.05) is 20.8 Å². The van der Waals surface area contributed by atoms with Crippen molar-refractivity contribution in [1.29, 1.82) is 0 Å². The fourth-order valence-electron chi connectivity index (χ4n) is 3.88. The first kappa shape index (κ1) is 21.8. The molecule has 1 unspecified atom stereocenters. The Kier molecular flexibility index (Phi) is 7.77. The molecule has 0 aromatic carbocycles. The van der Waals surface area contributed by atoms with Gasteiger partial charge in [0.1, 0.15) is 5.60 Å². The van der Waals surface area contributed by atoms with E-state index >= 15 is 0 Å². The first-order valence-corrected chi connectivity index (χ1v) is 10.4. The first-order chi connectivity index (χ1) is 12.7. The number of hydrogen-bond donors (Lipinski definition) is 4. The Morgan fingerprint density at radius 2 is 1.81 bits per heavy atom. The second-order valence-electron chi connectivity index (χ2n) is 9.12. The first-order valence-electron chi connectivity index (χ1n) is 10.4. The molecular formula is C20H37N3O4. The van der Waals surface area contributed by atoms with Gasteiger partial charge in [0.15, 0.2) is 0 Å². The minimum Gasteiger partial charge on any atom is -0.444 e. The quantitative estimate of drug-likeness (QED) is 0.484. The van der Waals surface area contributed by atoms with Crippen molar-refractivity contribution in [3.8, 4) is 0 Å². The summed E-state index contributed by atoms with van der Waals surface area (Å²) >= 11 is 0. The van der Waals surface area contributed by atoms with Crippen molar-refractivity contribution >= 4 is 12.1 Å². The molecule has 2 saturated carbocycles. The Hall–Kier alpha value is -1.50. The summed E-state index contributed by atoms with van der Waals surface area (Å²) in [7, 11) is 0. The van der Waals surface area contributed by atoms with Gasteiger partial charge in [0.05, 0.1) is 11.6 Å². The van der Waals surface area contributed by atoms with Crippen LogP contribution in [0.5, 0.6) is 0 Å². The van der Waals surface area contributed by atoms with E-state index in [2.05, 4.69) is 16.0 Å². The van der Waals surface area contributed by atoms with Gasteiger partial charge in [0.25, 0.3) is 0 Å². The molecule has 4 N–H and O–H groups in total. The number of alkyl carbamates (subject to hydrolysis) is 1. The molecule has 156 valence electrons. The third kappa shape index (κ3) is 7.95. The molecule has 2 rings (SSSR count). The highest BCUT2D eigenvalue weighted by molar-refractivity contribution is 5.74. The topological polar surface area (TPSA) is 99.7 Å². The predicted octanol–water partition coefficient (Wildman–Crippen LogP) is 3.06. The molecule has 0 aliphatic heterocycles. The molecule has 0 aromatic heterocycles. The van der Waals surface area contributed by atoms with Crippen LogP contribution in [0.1, 0.15) is 78.6 Å². The van der Waals surface area contributed by atoms with E-state index in [4.69, 9.17) is 4.74 Å². The summed E-state index contributed by atoms with van der Waals surface area (Å²) in [6, 6.07) is -0.311. The summed E-state index contributed by atoms with van der Waals surface area (Å²) in [5, 5.41) is 18.8. The van der Waals surface area contributed by atoms with Gasteiger partial charge < -0.3 is 25.8 Å². The number of hydrogen-bond acceptors (Lipinski definition) is 4. The van der Waals surface area contributed by atoms with Crippen molar-refractivity contribution in [2.45, 2.75) is 95.8 Å². The molecule has 1 atom stereocenters. The fraction of sp³-hybridized carbons (Fsp3) is 0.900. The van der Waals surface area contributed by atoms with E-state index in [0.717, 1.165) is 57.8 Å². The molecule has 0 bridgehead atoms. The Balaban J connectivity index is 1.72. The lowest BCUT2D eigenvalue weighted by Gasteiger charge is -2.36. The van der Waals surface area contributed by atoms with E-state index < -0.39 is 17.3 Å². The molecule has 0 aromatic rings. The van der Waals surface area contributed by atoms with Crippen molar-refractivity contribution in [3.63, 3.8) is 0 Å². The molecule has 3 amide bonds. The maximum Gasteiger partial charge on any atom is 0.407 e. The number of carbonyl (C=O) groups is 2. The zero-order valence-electron chi connectivity index (χ0n) is 17.1. The maximum absolute atomic E-state index is 12.3. The smallest absolute Gasteiger partial charge is 0.407 e. The minimum absolute atomic E-state index is 0.101. The van der Waals surface area contributed by atoms with Gasteiger partial charge in [-0.05, 0) is 71.6 Å². The van der Waals surface area contributed by atoms with Crippen LogP contribution >= 0.6 is 0 Å². The van der Waals surface area contributed by atoms with E-state index in [9.17, 15) is 14.7 Å². The van der Waals surface area contributed by atoms with E-state index in [1.54, 1.807) is 0 Å². The summed E-state index contributed by atoms with van der Waals surface area (Å²) in [5.74, 6) is 0.376. The second kappa shape index (κ2) is 9.62. The molecule has 7 heteroatoms. The molecule has 7 nitrogen and oxygen atoms in total. The predicted molar refractivity (Wildman–Crippen MR) is 105 cm³/mol. The lowest BCUT2D eigenvalue weighted by molar-refractivity contribution is -0.0413. The summed E-state index contributed by atoms with van der Waals surface area (Å²) in [6.07, 6.45) is 8.35. The van der Waals surface area contributed by atoms with Crippen molar-refractivity contribution in [1.82, 2.24) is 16.0 Å². The van der Waals surface area contributed by atoms with Crippen LogP contribution in [-0.4, -0.2) is 47.6 Å². The third-order valence-electron chi connectivity index (χ3n) is 5.54. The third-order valence-corrected chi connectivity index (χ3v) is 5.54. The van der Waals surface area contributed by atoms with Crippen molar-refractivity contribution in [3.05, 3.63) is 0 Å². The Labute approximate surface area is 163 Å². The summed E-state index contributed by atoms with van der Waals surface area (Å²) in [6.45, 7) is 6.39. The van der Waals surface area contributed by atoms with Crippen molar-refractivity contribution < 1.29 is 19.4 Å². The van der Waals surface area contributed by atoms with E-state index in [0.29, 0.717) is 19.0 Å². The lowest BCUT2D eigenvalue weighted by Crippen LogP contribution is -2.51. The highest BCUT2D eigenvalue weighted by Crippen LogP contribution is 2.35. The SMILES string of the molecule is CC(C)(C)OC(=O)NCC(NC(=O)NCCCC1(O)CCC1)C1CCCC1. The molecular weight excluding hydrogens is 346 g/mol. The molecule has 0 spiro atoms. The molecule has 2 aliphatic rings. The Morgan fingerprint density at radius 3 is 2.37 bits per heavy atom. The number of amides is 3. The zero-order chi connectivity index (χ0) is 19.9. The van der Waals surface area contributed by atoms with Gasteiger partial charge in [-0.25, -0.2) is 9.59 Å². The highest BCUT2D eigenvalue weighted by Gasteiger charge is 2.33. The monoisotopic (exact) mass is 383 g/mol. The van der Waals surface area contributed by atoms with Crippen LogP contribution in [0.2, 0.25) is 0 Å². The largest absolute Gasteiger partial charge is 0.444 e. The number of ether oxygens (including phenoxy) is 1. The lowest BCUT2D eigenvalue weighted by atomic mass is 9.77. The molecule has 2 fully saturated rings. The Bertz CT molecular complexity index is 494. The van der Waals surface area contributed by atoms with Gasteiger partial charge in [-0.3, -0.25) is 0 Å². The number of urea groups is 1. The van der Waals surface area contributed by atoms with Crippen LogP contribution in [0, 0.1) is 5.92 Å². The van der Waals surface area contributed by atoms with Gasteiger partial charge in [-0.1, -0.05) is 12.8 Å². The van der Waals surface area contributed by atoms with Crippen LogP contribution < -0.4 is 16.0 Å². The van der Waals surface area contributed by atoms with E-state index in [-0.39, 0.29) is 12.1 Å². The summed E-state index contributed by atoms with van der Waals surface area (Å²) < 4.78 is 5.28. The number of rotatable bonds is 8. The van der Waals surface area contributed by atoms with Gasteiger partial charge >= 0.3 is 12.1 Å². The maximum atomic E-state index is 12.3. The average Bonchev–Trinajstić information content (AvgIpc) is 3.06. The molecule has 27 heavy (non-hydrogen) atoms. The minimum atomic E-state index is -0.539. The number of nitrogens with one attached hydrogen (secondary N) is 3. The molecule has 0 saturated heterocycles. The average molecular weight is 384 g/mol. The van der Waals surface area contributed by atoms with Crippen LogP contribution in [0.15, 0.2) is 0 Å². The standard InChI is InChI=1S/C20H37N3O4/c1-19(2,3)27-18(25)22-14-16(15-8-4-5-9-15)23-17(24)21-13-7-12-20(26)10-6-11-20/h15-16,26H,4-14H2,1-3H3,(H,22,25)(H2,21,23,24). The van der Waals surface area contributed by atoms with Crippen molar-refractivity contribution in [2.75, 3.05) is 13.1 Å². The summed E-state index contributed by atoms with van der Waals surface area (Å²) in [4.78, 5) is 24.2. The van der Waals surface area contributed by atoms with Crippen molar-refractivity contribution in [2.24, 2.45) is 5.92 Å². The number of carbonyl (C=O) groups excluding carboxylic acids is 2. The highest BCUT2D eigenvalue weighted by atomic mass is 16.6. The van der Waals surface area contributed by atoms with Gasteiger partial charge in [-0.15, -0.1) is 0 Å². The van der Waals surface area contributed by atoms with Crippen LogP contribution in [0.3, 0.4) is 0 Å². The van der Waals surface area contributed by atoms with Crippen LogP contribution in [0.25, 0.3) is 0 Å². The van der Waals surface area contributed by atoms with Gasteiger partial charge in [0, 0.05) is 13.1 Å². The molecule has 0 radical (unpaired) electrons. The number of aliphatic hydroxyl groups is 1. The van der Waals surface area contributed by atoms with Crippen LogP contribution in [0.4, 0.5) is 9.59 Å². The summed E-state index contributed by atoms with van der Waals surface area (Å²) in [5.41, 5.74) is -1.04. The van der Waals surface area contributed by atoms with Gasteiger partial charge in [0.2, 0.25) is 0 Å². The second-order valence-corrected chi connectivity index (χ2v) is 9.12. The van der Waals surface area contributed by atoms with Crippen LogP contribution in [-0.2, 0) is 4.74 Å². The molecule has 2 aliphatic carbocycles. The molecule has 0 heterocycles.